The third kappa shape index (κ3) is 7.20. The summed E-state index contributed by atoms with van der Waals surface area (Å²) in [6.45, 7) is 8.17. The summed E-state index contributed by atoms with van der Waals surface area (Å²) in [5.74, 6) is -1.57. The van der Waals surface area contributed by atoms with Gasteiger partial charge in [0.2, 0.25) is 5.91 Å². The van der Waals surface area contributed by atoms with Crippen LogP contribution in [-0.4, -0.2) is 44.6 Å². The number of hydrogen-bond donors (Lipinski definition) is 3. The minimum absolute atomic E-state index is 0.0483. The van der Waals surface area contributed by atoms with Gasteiger partial charge in [-0.05, 0) is 31.0 Å². The van der Waals surface area contributed by atoms with E-state index in [2.05, 4.69) is 16.0 Å². The van der Waals surface area contributed by atoms with Crippen LogP contribution in [0.5, 0.6) is 11.5 Å². The molecule has 0 aliphatic carbocycles. The number of carbonyl (C=O) groups excluding carboxylic acids is 4. The molecule has 0 unspecified atom stereocenters. The molecular weight excluding hydrogens is 454 g/mol. The van der Waals surface area contributed by atoms with E-state index in [0.29, 0.717) is 5.69 Å². The Morgan fingerprint density at radius 2 is 1.51 bits per heavy atom. The van der Waals surface area contributed by atoms with E-state index in [1.54, 1.807) is 32.9 Å². The smallest absolute Gasteiger partial charge is 0.340 e. The number of urea groups is 1. The highest BCUT2D eigenvalue weighted by Gasteiger charge is 2.26. The van der Waals surface area contributed by atoms with Crippen molar-refractivity contribution in [1.29, 1.82) is 0 Å². The van der Waals surface area contributed by atoms with Crippen molar-refractivity contribution in [3.05, 3.63) is 47.0 Å². The van der Waals surface area contributed by atoms with Gasteiger partial charge in [0.05, 0.1) is 25.5 Å². The largest absolute Gasteiger partial charge is 0.493 e. The summed E-state index contributed by atoms with van der Waals surface area (Å²) >= 11 is 0. The average Bonchev–Trinajstić information content (AvgIpc) is 2.79. The lowest BCUT2D eigenvalue weighted by Crippen LogP contribution is -2.37. The molecule has 0 saturated carbocycles. The van der Waals surface area contributed by atoms with Gasteiger partial charge in [0.25, 0.3) is 5.91 Å². The lowest BCUT2D eigenvalue weighted by molar-refractivity contribution is -0.123. The van der Waals surface area contributed by atoms with Crippen molar-refractivity contribution in [1.82, 2.24) is 5.32 Å². The van der Waals surface area contributed by atoms with E-state index < -0.39 is 29.9 Å². The minimum Gasteiger partial charge on any atom is -0.493 e. The fourth-order valence-corrected chi connectivity index (χ4v) is 2.87. The van der Waals surface area contributed by atoms with Crippen LogP contribution < -0.4 is 25.4 Å². The van der Waals surface area contributed by atoms with Crippen LogP contribution in [0.4, 0.5) is 16.2 Å². The molecule has 0 atom stereocenters. The highest BCUT2D eigenvalue weighted by atomic mass is 16.5. The Morgan fingerprint density at radius 1 is 0.886 bits per heavy atom. The van der Waals surface area contributed by atoms with Gasteiger partial charge < -0.3 is 24.8 Å². The summed E-state index contributed by atoms with van der Waals surface area (Å²) in [5, 5.41) is 7.37. The van der Waals surface area contributed by atoms with E-state index in [1.807, 2.05) is 19.9 Å². The summed E-state index contributed by atoms with van der Waals surface area (Å²) in [4.78, 5) is 49.6. The van der Waals surface area contributed by atoms with E-state index in [4.69, 9.17) is 14.2 Å². The molecule has 0 aliphatic rings. The second-order valence-corrected chi connectivity index (χ2v) is 8.78. The number of carbonyl (C=O) groups is 4. The summed E-state index contributed by atoms with van der Waals surface area (Å²) < 4.78 is 15.6. The topological polar surface area (TPSA) is 132 Å². The number of methoxy groups -OCH3 is 2. The first-order valence-corrected chi connectivity index (χ1v) is 10.8. The number of hydrogen-bond acceptors (Lipinski definition) is 7. The maximum Gasteiger partial charge on any atom is 0.340 e. The van der Waals surface area contributed by atoms with Crippen molar-refractivity contribution in [2.75, 3.05) is 31.5 Å². The molecule has 3 N–H and O–H groups in total. The zero-order valence-corrected chi connectivity index (χ0v) is 21.0. The maximum atomic E-state index is 12.8. The molecule has 0 radical (unpaired) electrons. The molecule has 2 aromatic rings. The number of nitrogens with one attached hydrogen (secondary N) is 3. The molecule has 0 spiro atoms. The van der Waals surface area contributed by atoms with E-state index >= 15 is 0 Å². The molecule has 0 bridgehead atoms. The summed E-state index contributed by atoms with van der Waals surface area (Å²) in [6.07, 6.45) is 0. The molecule has 0 saturated heterocycles. The summed E-state index contributed by atoms with van der Waals surface area (Å²) in [7, 11) is 2.81. The SMILES string of the molecule is COc1cc(NC(=O)C(C)(C)C)c(C(=O)OCC(=O)NC(=O)Nc2cccc(C)c2C)cc1OC. The molecule has 10 heteroatoms. The quantitative estimate of drug-likeness (QED) is 0.508. The number of benzene rings is 2. The zero-order valence-electron chi connectivity index (χ0n) is 21.0. The number of aryl methyl sites for hydroxylation is 1. The van der Waals surface area contributed by atoms with Crippen molar-refractivity contribution >= 4 is 35.2 Å². The van der Waals surface area contributed by atoms with Gasteiger partial charge in [-0.3, -0.25) is 14.9 Å². The lowest BCUT2D eigenvalue weighted by Gasteiger charge is -2.20. The Bertz CT molecular complexity index is 1140. The Hall–Kier alpha value is -4.08. The van der Waals surface area contributed by atoms with Crippen LogP contribution >= 0.6 is 0 Å². The molecule has 2 rings (SSSR count). The molecule has 2 aromatic carbocycles. The van der Waals surface area contributed by atoms with E-state index in [0.717, 1.165) is 11.1 Å². The van der Waals surface area contributed by atoms with E-state index in [9.17, 15) is 19.2 Å². The number of amides is 4. The van der Waals surface area contributed by atoms with Gasteiger partial charge in [-0.1, -0.05) is 32.9 Å². The number of imide groups is 1. The van der Waals surface area contributed by atoms with Gasteiger partial charge in [0.15, 0.2) is 18.1 Å². The fraction of sp³-hybridized carbons (Fsp3) is 0.360. The van der Waals surface area contributed by atoms with Crippen LogP contribution in [-0.2, 0) is 14.3 Å². The first-order chi connectivity index (χ1) is 16.4. The fourth-order valence-electron chi connectivity index (χ4n) is 2.87. The van der Waals surface area contributed by atoms with Crippen LogP contribution in [0.15, 0.2) is 30.3 Å². The Labute approximate surface area is 204 Å². The van der Waals surface area contributed by atoms with Crippen molar-refractivity contribution < 1.29 is 33.4 Å². The normalized spacial score (nSPS) is 10.7. The molecule has 10 nitrogen and oxygen atoms in total. The second-order valence-electron chi connectivity index (χ2n) is 8.78. The van der Waals surface area contributed by atoms with Crippen LogP contribution in [0, 0.1) is 19.3 Å². The molecule has 188 valence electrons. The number of ether oxygens (including phenoxy) is 3. The molecule has 35 heavy (non-hydrogen) atoms. The van der Waals surface area contributed by atoms with Gasteiger partial charge in [-0.15, -0.1) is 0 Å². The number of esters is 1. The molecular formula is C25H31N3O7. The Morgan fingerprint density at radius 3 is 2.11 bits per heavy atom. The second kappa shape index (κ2) is 11.4. The summed E-state index contributed by atoms with van der Waals surface area (Å²) in [5.41, 5.74) is 1.73. The molecule has 0 aliphatic heterocycles. The van der Waals surface area contributed by atoms with Gasteiger partial charge in [-0.25, -0.2) is 9.59 Å². The van der Waals surface area contributed by atoms with Crippen LogP contribution in [0.1, 0.15) is 42.3 Å². The molecule has 4 amide bonds. The minimum atomic E-state index is -0.903. The maximum absolute atomic E-state index is 12.8. The van der Waals surface area contributed by atoms with Crippen molar-refractivity contribution in [2.45, 2.75) is 34.6 Å². The van der Waals surface area contributed by atoms with Crippen LogP contribution in [0.25, 0.3) is 0 Å². The molecule has 0 fully saturated rings. The van der Waals surface area contributed by atoms with E-state index in [-0.39, 0.29) is 28.7 Å². The third-order valence-corrected chi connectivity index (χ3v) is 5.11. The lowest BCUT2D eigenvalue weighted by atomic mass is 9.95. The Balaban J connectivity index is 2.11. The number of anilines is 2. The van der Waals surface area contributed by atoms with Gasteiger partial charge in [0, 0.05) is 23.2 Å². The van der Waals surface area contributed by atoms with Crippen LogP contribution in [0.2, 0.25) is 0 Å². The zero-order chi connectivity index (χ0) is 26.3. The third-order valence-electron chi connectivity index (χ3n) is 5.11. The van der Waals surface area contributed by atoms with E-state index in [1.165, 1.54) is 26.4 Å². The van der Waals surface area contributed by atoms with Gasteiger partial charge >= 0.3 is 12.0 Å². The first-order valence-electron chi connectivity index (χ1n) is 10.8. The average molecular weight is 486 g/mol. The van der Waals surface area contributed by atoms with Crippen LogP contribution in [0.3, 0.4) is 0 Å². The summed E-state index contributed by atoms with van der Waals surface area (Å²) in [6, 6.07) is 7.39. The first kappa shape index (κ1) is 27.2. The van der Waals surface area contributed by atoms with Crippen molar-refractivity contribution in [2.24, 2.45) is 5.41 Å². The molecule has 0 aromatic heterocycles. The standard InChI is InChI=1S/C25H31N3O7/c1-14-9-8-10-17(15(14)2)27-24(32)28-21(29)13-35-22(30)16-11-19(33-6)20(34-7)12-18(16)26-23(31)25(3,4)5/h8-12H,13H2,1-7H3,(H,26,31)(H2,27,28,29,32). The highest BCUT2D eigenvalue weighted by molar-refractivity contribution is 6.05. The van der Waals surface area contributed by atoms with Gasteiger partial charge in [0.1, 0.15) is 0 Å². The molecule has 0 heterocycles. The van der Waals surface area contributed by atoms with Crippen molar-refractivity contribution in [3.63, 3.8) is 0 Å². The van der Waals surface area contributed by atoms with Gasteiger partial charge in [-0.2, -0.15) is 0 Å². The number of rotatable bonds is 7. The highest BCUT2D eigenvalue weighted by Crippen LogP contribution is 2.34. The van der Waals surface area contributed by atoms with Crippen molar-refractivity contribution in [3.8, 4) is 11.5 Å². The predicted octanol–water partition coefficient (Wildman–Crippen LogP) is 3.81. The monoisotopic (exact) mass is 485 g/mol. The predicted molar refractivity (Wildman–Crippen MR) is 131 cm³/mol. The Kier molecular flexibility index (Phi) is 8.82.